The first-order valence-electron chi connectivity index (χ1n) is 5.42. The van der Waals surface area contributed by atoms with Crippen molar-refractivity contribution < 1.29 is 4.79 Å². The van der Waals surface area contributed by atoms with Crippen molar-refractivity contribution in [2.24, 2.45) is 0 Å². The largest absolute Gasteiger partial charge is 0.372 e. The van der Waals surface area contributed by atoms with Crippen LogP contribution < -0.4 is 10.2 Å². The Balaban J connectivity index is 0.00000256. The van der Waals surface area contributed by atoms with Crippen LogP contribution in [0.3, 0.4) is 0 Å². The van der Waals surface area contributed by atoms with E-state index in [2.05, 4.69) is 24.1 Å². The number of nitrogens with one attached hydrogen (secondary N) is 1. The lowest BCUT2D eigenvalue weighted by Crippen LogP contribution is -2.21. The number of benzene rings is 1. The van der Waals surface area contributed by atoms with Crippen LogP contribution in [0.5, 0.6) is 0 Å². The highest BCUT2D eigenvalue weighted by Gasteiger charge is 2.03. The molecule has 0 aliphatic carbocycles. The van der Waals surface area contributed by atoms with E-state index in [1.54, 1.807) is 0 Å². The molecule has 1 rings (SSSR count). The molecule has 0 radical (unpaired) electrons. The molecule has 0 saturated carbocycles. The van der Waals surface area contributed by atoms with Crippen molar-refractivity contribution in [3.8, 4) is 0 Å². The fourth-order valence-corrected chi connectivity index (χ4v) is 1.61. The van der Waals surface area contributed by atoms with Crippen molar-refractivity contribution in [2.45, 2.75) is 13.8 Å². The van der Waals surface area contributed by atoms with Gasteiger partial charge in [0, 0.05) is 24.5 Å². The quantitative estimate of drug-likeness (QED) is 0.839. The first kappa shape index (κ1) is 16.1. The summed E-state index contributed by atoms with van der Waals surface area (Å²) in [5.41, 5.74) is 1.94. The molecule has 17 heavy (non-hydrogen) atoms. The molecule has 0 atom stereocenters. The number of carbonyl (C=O) groups is 1. The Morgan fingerprint density at radius 2 is 1.76 bits per heavy atom. The van der Waals surface area contributed by atoms with Gasteiger partial charge >= 0.3 is 0 Å². The van der Waals surface area contributed by atoms with Gasteiger partial charge in [-0.1, -0.05) is 0 Å². The maximum atomic E-state index is 11.1. The molecule has 0 fully saturated rings. The summed E-state index contributed by atoms with van der Waals surface area (Å²) < 4.78 is 0. The molecule has 3 nitrogen and oxygen atoms in total. The number of alkyl halides is 1. The third kappa shape index (κ3) is 4.84. The second kappa shape index (κ2) is 8.20. The molecule has 1 aromatic carbocycles. The van der Waals surface area contributed by atoms with E-state index >= 15 is 0 Å². The van der Waals surface area contributed by atoms with Crippen LogP contribution in [0.1, 0.15) is 13.8 Å². The van der Waals surface area contributed by atoms with Gasteiger partial charge in [-0.3, -0.25) is 4.79 Å². The first-order chi connectivity index (χ1) is 7.71. The number of carbonyl (C=O) groups excluding carboxylic acids is 1. The zero-order valence-electron chi connectivity index (χ0n) is 10.1. The van der Waals surface area contributed by atoms with Crippen LogP contribution in [0, 0.1) is 0 Å². The van der Waals surface area contributed by atoms with E-state index in [4.69, 9.17) is 11.6 Å². The normalized spacial score (nSPS) is 9.35. The summed E-state index contributed by atoms with van der Waals surface area (Å²) in [5.74, 6) is -0.199. The summed E-state index contributed by atoms with van der Waals surface area (Å²) in [7, 11) is 0. The molecule has 0 spiro atoms. The van der Waals surface area contributed by atoms with Gasteiger partial charge in [-0.15, -0.1) is 24.0 Å². The second-order valence-electron chi connectivity index (χ2n) is 3.40. The van der Waals surface area contributed by atoms with E-state index in [0.29, 0.717) is 0 Å². The summed E-state index contributed by atoms with van der Waals surface area (Å²) in [6.07, 6.45) is 0. The Morgan fingerprint density at radius 1 is 1.24 bits per heavy atom. The molecule has 0 unspecified atom stereocenters. The van der Waals surface area contributed by atoms with Crippen LogP contribution in [0.4, 0.5) is 11.4 Å². The summed E-state index contributed by atoms with van der Waals surface area (Å²) in [5, 5.41) is 2.70. The molecule has 0 saturated heterocycles. The SMILES string of the molecule is CCN(CC)c1ccc(NC(=O)CCl)cc1.Cl. The zero-order chi connectivity index (χ0) is 12.0. The molecule has 1 amide bonds. The Labute approximate surface area is 114 Å². The zero-order valence-corrected chi connectivity index (χ0v) is 11.6. The average molecular weight is 277 g/mol. The number of rotatable bonds is 5. The smallest absolute Gasteiger partial charge is 0.239 e. The molecule has 96 valence electrons. The number of amides is 1. The fourth-order valence-electron chi connectivity index (χ4n) is 1.54. The summed E-state index contributed by atoms with van der Waals surface area (Å²) in [4.78, 5) is 13.3. The van der Waals surface area contributed by atoms with E-state index in [1.807, 2.05) is 24.3 Å². The van der Waals surface area contributed by atoms with Gasteiger partial charge in [-0.2, -0.15) is 0 Å². The minimum absolute atomic E-state index is 0. The maximum Gasteiger partial charge on any atom is 0.239 e. The highest BCUT2D eigenvalue weighted by molar-refractivity contribution is 6.29. The lowest BCUT2D eigenvalue weighted by molar-refractivity contribution is -0.113. The van der Waals surface area contributed by atoms with Gasteiger partial charge in [0.25, 0.3) is 0 Å². The van der Waals surface area contributed by atoms with Crippen LogP contribution in [0.25, 0.3) is 0 Å². The second-order valence-corrected chi connectivity index (χ2v) is 3.67. The van der Waals surface area contributed by atoms with Gasteiger partial charge in [0.15, 0.2) is 0 Å². The van der Waals surface area contributed by atoms with Gasteiger partial charge in [-0.25, -0.2) is 0 Å². The number of nitrogens with zero attached hydrogens (tertiary/aromatic N) is 1. The van der Waals surface area contributed by atoms with Crippen LogP contribution in [-0.4, -0.2) is 24.9 Å². The van der Waals surface area contributed by atoms with E-state index in [-0.39, 0.29) is 24.2 Å². The Hall–Kier alpha value is -0.930. The Morgan fingerprint density at radius 3 is 2.18 bits per heavy atom. The molecule has 0 bridgehead atoms. The average Bonchev–Trinajstić information content (AvgIpc) is 2.32. The van der Waals surface area contributed by atoms with E-state index in [9.17, 15) is 4.79 Å². The molecule has 0 aromatic heterocycles. The van der Waals surface area contributed by atoms with Gasteiger partial charge < -0.3 is 10.2 Å². The Bertz CT molecular complexity index is 337. The van der Waals surface area contributed by atoms with Crippen molar-refractivity contribution in [3.63, 3.8) is 0 Å². The summed E-state index contributed by atoms with van der Waals surface area (Å²) in [6.45, 7) is 6.19. The van der Waals surface area contributed by atoms with Crippen molar-refractivity contribution >= 4 is 41.3 Å². The van der Waals surface area contributed by atoms with Crippen LogP contribution in [0.15, 0.2) is 24.3 Å². The van der Waals surface area contributed by atoms with Gasteiger partial charge in [0.05, 0.1) is 0 Å². The molecule has 1 N–H and O–H groups in total. The number of anilines is 2. The maximum absolute atomic E-state index is 11.1. The standard InChI is InChI=1S/C12H17ClN2O.ClH/c1-3-15(4-2)11-7-5-10(6-8-11)14-12(16)9-13;/h5-8H,3-4,9H2,1-2H3,(H,14,16);1H. The number of halogens is 2. The molecular weight excluding hydrogens is 259 g/mol. The van der Waals surface area contributed by atoms with Crippen molar-refractivity contribution in [3.05, 3.63) is 24.3 Å². The van der Waals surface area contributed by atoms with Crippen LogP contribution in [0.2, 0.25) is 0 Å². The predicted molar refractivity (Wildman–Crippen MR) is 76.6 cm³/mol. The summed E-state index contributed by atoms with van der Waals surface area (Å²) in [6, 6.07) is 7.77. The molecule has 5 heteroatoms. The first-order valence-corrected chi connectivity index (χ1v) is 5.95. The highest BCUT2D eigenvalue weighted by Crippen LogP contribution is 2.17. The third-order valence-electron chi connectivity index (χ3n) is 2.40. The topological polar surface area (TPSA) is 32.3 Å². The fraction of sp³-hybridized carbons (Fsp3) is 0.417. The van der Waals surface area contributed by atoms with Crippen molar-refractivity contribution in [2.75, 3.05) is 29.2 Å². The monoisotopic (exact) mass is 276 g/mol. The third-order valence-corrected chi connectivity index (χ3v) is 2.64. The van der Waals surface area contributed by atoms with E-state index < -0.39 is 0 Å². The van der Waals surface area contributed by atoms with E-state index in [1.165, 1.54) is 0 Å². The lowest BCUT2D eigenvalue weighted by Gasteiger charge is -2.21. The van der Waals surface area contributed by atoms with Gasteiger partial charge in [0.1, 0.15) is 5.88 Å². The summed E-state index contributed by atoms with van der Waals surface area (Å²) >= 11 is 5.41. The number of hydrogen-bond donors (Lipinski definition) is 1. The minimum atomic E-state index is -0.183. The van der Waals surface area contributed by atoms with Crippen molar-refractivity contribution in [1.82, 2.24) is 0 Å². The molecular formula is C12H18Cl2N2O. The Kier molecular flexibility index (Phi) is 7.75. The highest BCUT2D eigenvalue weighted by atomic mass is 35.5. The molecule has 0 aliphatic rings. The van der Waals surface area contributed by atoms with E-state index in [0.717, 1.165) is 24.5 Å². The van der Waals surface area contributed by atoms with Crippen LogP contribution in [-0.2, 0) is 4.79 Å². The molecule has 0 heterocycles. The van der Waals surface area contributed by atoms with Crippen LogP contribution >= 0.6 is 24.0 Å². The van der Waals surface area contributed by atoms with Gasteiger partial charge in [0.2, 0.25) is 5.91 Å². The minimum Gasteiger partial charge on any atom is -0.372 e. The number of hydrogen-bond acceptors (Lipinski definition) is 2. The molecule has 1 aromatic rings. The van der Waals surface area contributed by atoms with Crippen molar-refractivity contribution in [1.29, 1.82) is 0 Å². The molecule has 0 aliphatic heterocycles. The lowest BCUT2D eigenvalue weighted by atomic mass is 10.2. The van der Waals surface area contributed by atoms with Gasteiger partial charge in [-0.05, 0) is 38.1 Å². The predicted octanol–water partition coefficient (Wildman–Crippen LogP) is 3.13.